The van der Waals surface area contributed by atoms with E-state index in [0.717, 1.165) is 30.0 Å². The van der Waals surface area contributed by atoms with Gasteiger partial charge in [-0.25, -0.2) is 0 Å². The minimum absolute atomic E-state index is 0.0134. The molecular formula is C17H27NO3. The molecule has 0 radical (unpaired) electrons. The average Bonchev–Trinajstić information content (AvgIpc) is 2.47. The SMILES string of the molecule is CCOc1ccc(NC2CC(OCC)C2(C)C)cc1CO. The fraction of sp³-hybridized carbons (Fsp3) is 0.647. The van der Waals surface area contributed by atoms with Crippen molar-refractivity contribution in [2.24, 2.45) is 5.41 Å². The van der Waals surface area contributed by atoms with Gasteiger partial charge in [0, 0.05) is 29.3 Å². The third kappa shape index (κ3) is 3.33. The minimum atomic E-state index is -0.0134. The molecule has 1 aromatic carbocycles. The maximum absolute atomic E-state index is 9.46. The van der Waals surface area contributed by atoms with Crippen molar-refractivity contribution in [1.29, 1.82) is 0 Å². The quantitative estimate of drug-likeness (QED) is 0.810. The zero-order valence-corrected chi connectivity index (χ0v) is 13.5. The number of aliphatic hydroxyl groups excluding tert-OH is 1. The lowest BCUT2D eigenvalue weighted by molar-refractivity contribution is -0.0975. The normalized spacial score (nSPS) is 23.5. The molecule has 1 saturated carbocycles. The number of hydrogen-bond acceptors (Lipinski definition) is 4. The van der Waals surface area contributed by atoms with Crippen molar-refractivity contribution < 1.29 is 14.6 Å². The van der Waals surface area contributed by atoms with Crippen molar-refractivity contribution in [3.63, 3.8) is 0 Å². The Labute approximate surface area is 127 Å². The smallest absolute Gasteiger partial charge is 0.124 e. The van der Waals surface area contributed by atoms with Gasteiger partial charge in [-0.1, -0.05) is 13.8 Å². The first kappa shape index (κ1) is 16.1. The molecule has 2 atom stereocenters. The highest BCUT2D eigenvalue weighted by molar-refractivity contribution is 5.52. The molecule has 2 rings (SSSR count). The minimum Gasteiger partial charge on any atom is -0.494 e. The standard InChI is InChI=1S/C17H27NO3/c1-5-20-14-8-7-13(9-12(14)11-19)18-15-10-16(21-6-2)17(15,3)4/h7-9,15-16,18-19H,5-6,10-11H2,1-4H3. The molecule has 1 aliphatic carbocycles. The molecule has 0 spiro atoms. The van der Waals surface area contributed by atoms with Crippen LogP contribution >= 0.6 is 0 Å². The lowest BCUT2D eigenvalue weighted by atomic mass is 9.64. The van der Waals surface area contributed by atoms with E-state index in [-0.39, 0.29) is 12.0 Å². The van der Waals surface area contributed by atoms with Gasteiger partial charge in [-0.2, -0.15) is 0 Å². The molecule has 118 valence electrons. The molecule has 2 unspecified atom stereocenters. The molecule has 4 nitrogen and oxygen atoms in total. The van der Waals surface area contributed by atoms with E-state index in [0.29, 0.717) is 18.8 Å². The van der Waals surface area contributed by atoms with Crippen LogP contribution in [0.3, 0.4) is 0 Å². The molecule has 0 heterocycles. The van der Waals surface area contributed by atoms with Crippen molar-refractivity contribution in [3.05, 3.63) is 23.8 Å². The van der Waals surface area contributed by atoms with Gasteiger partial charge in [0.2, 0.25) is 0 Å². The number of benzene rings is 1. The summed E-state index contributed by atoms with van der Waals surface area (Å²) < 4.78 is 11.3. The number of aliphatic hydroxyl groups is 1. The van der Waals surface area contributed by atoms with E-state index >= 15 is 0 Å². The summed E-state index contributed by atoms with van der Waals surface area (Å²) in [4.78, 5) is 0. The Morgan fingerprint density at radius 3 is 2.62 bits per heavy atom. The van der Waals surface area contributed by atoms with E-state index in [4.69, 9.17) is 9.47 Å². The second-order valence-electron chi connectivity index (χ2n) is 6.11. The van der Waals surface area contributed by atoms with Crippen molar-refractivity contribution >= 4 is 5.69 Å². The Bertz CT molecular complexity index is 473. The summed E-state index contributed by atoms with van der Waals surface area (Å²) in [6.45, 7) is 9.80. The first-order valence-corrected chi connectivity index (χ1v) is 7.77. The summed E-state index contributed by atoms with van der Waals surface area (Å²) in [6.07, 6.45) is 1.34. The van der Waals surface area contributed by atoms with Crippen molar-refractivity contribution in [2.45, 2.75) is 52.9 Å². The van der Waals surface area contributed by atoms with Crippen molar-refractivity contribution in [3.8, 4) is 5.75 Å². The highest BCUT2D eigenvalue weighted by Gasteiger charge is 2.48. The van der Waals surface area contributed by atoms with Crippen LogP contribution in [-0.2, 0) is 11.3 Å². The lowest BCUT2D eigenvalue weighted by Crippen LogP contribution is -2.58. The molecule has 2 N–H and O–H groups in total. The molecule has 4 heteroatoms. The summed E-state index contributed by atoms with van der Waals surface area (Å²) in [5, 5.41) is 13.0. The van der Waals surface area contributed by atoms with Crippen molar-refractivity contribution in [2.75, 3.05) is 18.5 Å². The first-order chi connectivity index (χ1) is 10.0. The molecule has 0 saturated heterocycles. The molecule has 0 bridgehead atoms. The third-order valence-electron chi connectivity index (χ3n) is 4.42. The number of hydrogen-bond donors (Lipinski definition) is 2. The summed E-state index contributed by atoms with van der Waals surface area (Å²) >= 11 is 0. The Hall–Kier alpha value is -1.26. The Kier molecular flexibility index (Phi) is 5.12. The Morgan fingerprint density at radius 2 is 2.05 bits per heavy atom. The van der Waals surface area contributed by atoms with E-state index in [2.05, 4.69) is 19.2 Å². The largest absolute Gasteiger partial charge is 0.494 e. The maximum Gasteiger partial charge on any atom is 0.124 e. The summed E-state index contributed by atoms with van der Waals surface area (Å²) in [7, 11) is 0. The molecule has 0 aromatic heterocycles. The lowest BCUT2D eigenvalue weighted by Gasteiger charge is -2.52. The van der Waals surface area contributed by atoms with E-state index in [9.17, 15) is 5.11 Å². The fourth-order valence-electron chi connectivity index (χ4n) is 2.90. The van der Waals surface area contributed by atoms with E-state index in [1.165, 1.54) is 0 Å². The fourth-order valence-corrected chi connectivity index (χ4v) is 2.90. The van der Waals surface area contributed by atoms with Gasteiger partial charge in [-0.15, -0.1) is 0 Å². The third-order valence-corrected chi connectivity index (χ3v) is 4.42. The predicted octanol–water partition coefficient (Wildman–Crippen LogP) is 3.19. The van der Waals surface area contributed by atoms with Crippen LogP contribution < -0.4 is 10.1 Å². The van der Waals surface area contributed by atoms with E-state index in [1.54, 1.807) is 0 Å². The van der Waals surface area contributed by atoms with Gasteiger partial charge in [-0.05, 0) is 38.5 Å². The number of ether oxygens (including phenoxy) is 2. The van der Waals surface area contributed by atoms with Crippen molar-refractivity contribution in [1.82, 2.24) is 0 Å². The van der Waals surface area contributed by atoms with Gasteiger partial charge in [0.25, 0.3) is 0 Å². The Morgan fingerprint density at radius 1 is 1.29 bits per heavy atom. The molecule has 1 aliphatic rings. The van der Waals surface area contributed by atoms with Gasteiger partial charge >= 0.3 is 0 Å². The number of anilines is 1. The zero-order chi connectivity index (χ0) is 15.5. The average molecular weight is 293 g/mol. The molecule has 1 aromatic rings. The summed E-state index contributed by atoms with van der Waals surface area (Å²) in [5.41, 5.74) is 1.96. The topological polar surface area (TPSA) is 50.7 Å². The summed E-state index contributed by atoms with van der Waals surface area (Å²) in [5.74, 6) is 0.755. The highest BCUT2D eigenvalue weighted by Crippen LogP contribution is 2.44. The molecule has 1 fully saturated rings. The van der Waals surface area contributed by atoms with Crippen LogP contribution in [-0.4, -0.2) is 30.5 Å². The van der Waals surface area contributed by atoms with Gasteiger partial charge in [-0.3, -0.25) is 0 Å². The van der Waals surface area contributed by atoms with Crippen LogP contribution in [0.5, 0.6) is 5.75 Å². The van der Waals surface area contributed by atoms with Crippen LogP contribution in [0.4, 0.5) is 5.69 Å². The molecular weight excluding hydrogens is 266 g/mol. The van der Waals surface area contributed by atoms with Crippen LogP contribution in [0.25, 0.3) is 0 Å². The van der Waals surface area contributed by atoms with Crippen LogP contribution in [0.1, 0.15) is 39.7 Å². The van der Waals surface area contributed by atoms with Crippen LogP contribution in [0, 0.1) is 5.41 Å². The second kappa shape index (κ2) is 6.67. The van der Waals surface area contributed by atoms with E-state index in [1.807, 2.05) is 32.0 Å². The Balaban J connectivity index is 2.04. The molecule has 21 heavy (non-hydrogen) atoms. The monoisotopic (exact) mass is 293 g/mol. The van der Waals surface area contributed by atoms with Gasteiger partial charge in [0.1, 0.15) is 5.75 Å². The van der Waals surface area contributed by atoms with E-state index < -0.39 is 0 Å². The zero-order valence-electron chi connectivity index (χ0n) is 13.5. The van der Waals surface area contributed by atoms with Gasteiger partial charge in [0.15, 0.2) is 0 Å². The number of rotatable bonds is 7. The highest BCUT2D eigenvalue weighted by atomic mass is 16.5. The second-order valence-corrected chi connectivity index (χ2v) is 6.11. The summed E-state index contributed by atoms with van der Waals surface area (Å²) in [6, 6.07) is 6.28. The first-order valence-electron chi connectivity index (χ1n) is 7.77. The maximum atomic E-state index is 9.46. The van der Waals surface area contributed by atoms with Gasteiger partial charge < -0.3 is 19.9 Å². The number of nitrogens with one attached hydrogen (secondary N) is 1. The van der Waals surface area contributed by atoms with Crippen LogP contribution in [0.15, 0.2) is 18.2 Å². The van der Waals surface area contributed by atoms with Gasteiger partial charge in [0.05, 0.1) is 19.3 Å². The van der Waals surface area contributed by atoms with Crippen LogP contribution in [0.2, 0.25) is 0 Å². The molecule has 0 aliphatic heterocycles. The predicted molar refractivity (Wildman–Crippen MR) is 84.8 cm³/mol. The molecule has 0 amide bonds.